The summed E-state index contributed by atoms with van der Waals surface area (Å²) in [5, 5.41) is 5.42. The maximum absolute atomic E-state index is 12.5. The molecular weight excluding hydrogens is 334 g/mol. The van der Waals surface area contributed by atoms with Gasteiger partial charge in [0.25, 0.3) is 11.8 Å². The lowest BCUT2D eigenvalue weighted by molar-refractivity contribution is -0.121. The zero-order valence-electron chi connectivity index (χ0n) is 14.5. The van der Waals surface area contributed by atoms with Crippen molar-refractivity contribution < 1.29 is 18.8 Å². The first-order valence-corrected chi connectivity index (χ1v) is 8.54. The van der Waals surface area contributed by atoms with Gasteiger partial charge >= 0.3 is 0 Å². The van der Waals surface area contributed by atoms with Crippen LogP contribution in [-0.2, 0) is 4.79 Å². The Morgan fingerprint density at radius 3 is 2.54 bits per heavy atom. The van der Waals surface area contributed by atoms with E-state index >= 15 is 0 Å². The lowest BCUT2D eigenvalue weighted by atomic mass is 9.95. The SMILES string of the molecule is CNC(=O)c1cccc(NC(=O)C2CCN(C(=O)c3ccco3)CC2)c1. The van der Waals surface area contributed by atoms with Crippen molar-refractivity contribution in [2.45, 2.75) is 12.8 Å². The second kappa shape index (κ2) is 7.86. The Bertz CT molecular complexity index is 793. The summed E-state index contributed by atoms with van der Waals surface area (Å²) in [7, 11) is 1.56. The molecule has 2 N–H and O–H groups in total. The van der Waals surface area contributed by atoms with E-state index in [0.717, 1.165) is 0 Å². The smallest absolute Gasteiger partial charge is 0.289 e. The summed E-state index contributed by atoms with van der Waals surface area (Å²) >= 11 is 0. The molecule has 3 amide bonds. The second-order valence-corrected chi connectivity index (χ2v) is 6.19. The van der Waals surface area contributed by atoms with Gasteiger partial charge in [-0.1, -0.05) is 6.07 Å². The summed E-state index contributed by atoms with van der Waals surface area (Å²) in [6, 6.07) is 10.1. The number of amides is 3. The largest absolute Gasteiger partial charge is 0.459 e. The highest BCUT2D eigenvalue weighted by molar-refractivity contribution is 5.97. The first-order valence-electron chi connectivity index (χ1n) is 8.54. The molecule has 0 aliphatic carbocycles. The van der Waals surface area contributed by atoms with E-state index in [1.165, 1.54) is 6.26 Å². The number of carbonyl (C=O) groups excluding carboxylic acids is 3. The van der Waals surface area contributed by atoms with Crippen LogP contribution in [0, 0.1) is 5.92 Å². The van der Waals surface area contributed by atoms with Crippen LogP contribution in [-0.4, -0.2) is 42.8 Å². The Kier molecular flexibility index (Phi) is 5.36. The molecule has 0 bridgehead atoms. The number of furan rings is 1. The Labute approximate surface area is 151 Å². The third kappa shape index (κ3) is 3.93. The van der Waals surface area contributed by atoms with Gasteiger partial charge in [0.1, 0.15) is 0 Å². The van der Waals surface area contributed by atoms with Gasteiger partial charge in [0.15, 0.2) is 5.76 Å². The van der Waals surface area contributed by atoms with Gasteiger partial charge in [0, 0.05) is 37.3 Å². The number of hydrogen-bond donors (Lipinski definition) is 2. The molecular formula is C19H21N3O4. The fraction of sp³-hybridized carbons (Fsp3) is 0.316. The topological polar surface area (TPSA) is 91.7 Å². The van der Waals surface area contributed by atoms with Crippen LogP contribution in [0.5, 0.6) is 0 Å². The van der Waals surface area contributed by atoms with Crippen LogP contribution < -0.4 is 10.6 Å². The average molecular weight is 355 g/mol. The van der Waals surface area contributed by atoms with E-state index in [4.69, 9.17) is 4.42 Å². The van der Waals surface area contributed by atoms with Crippen molar-refractivity contribution in [2.75, 3.05) is 25.5 Å². The first kappa shape index (κ1) is 17.7. The maximum Gasteiger partial charge on any atom is 0.289 e. The third-order valence-corrected chi connectivity index (χ3v) is 4.50. The molecule has 0 saturated carbocycles. The minimum absolute atomic E-state index is 0.0934. The van der Waals surface area contributed by atoms with Crippen LogP contribution in [0.1, 0.15) is 33.8 Å². The number of hydrogen-bond acceptors (Lipinski definition) is 4. The summed E-state index contributed by atoms with van der Waals surface area (Å²) < 4.78 is 5.14. The molecule has 1 aromatic heterocycles. The molecule has 0 spiro atoms. The van der Waals surface area contributed by atoms with Crippen LogP contribution in [0.2, 0.25) is 0 Å². The average Bonchev–Trinajstić information content (AvgIpc) is 3.22. The van der Waals surface area contributed by atoms with Gasteiger partial charge in [-0.05, 0) is 43.2 Å². The molecule has 7 heteroatoms. The van der Waals surface area contributed by atoms with Gasteiger partial charge in [-0.3, -0.25) is 14.4 Å². The van der Waals surface area contributed by atoms with Crippen LogP contribution in [0.25, 0.3) is 0 Å². The second-order valence-electron chi connectivity index (χ2n) is 6.19. The summed E-state index contributed by atoms with van der Waals surface area (Å²) in [6.07, 6.45) is 2.65. The molecule has 1 aromatic carbocycles. The zero-order chi connectivity index (χ0) is 18.5. The van der Waals surface area contributed by atoms with Crippen molar-refractivity contribution >= 4 is 23.4 Å². The van der Waals surface area contributed by atoms with E-state index < -0.39 is 0 Å². The molecule has 1 saturated heterocycles. The summed E-state index contributed by atoms with van der Waals surface area (Å²) in [6.45, 7) is 1.02. The molecule has 3 rings (SSSR count). The Balaban J connectivity index is 1.56. The quantitative estimate of drug-likeness (QED) is 0.879. The highest BCUT2D eigenvalue weighted by Gasteiger charge is 2.28. The number of likely N-dealkylation sites (tertiary alicyclic amines) is 1. The molecule has 0 atom stereocenters. The van der Waals surface area contributed by atoms with E-state index in [1.807, 2.05) is 0 Å². The lowest BCUT2D eigenvalue weighted by Crippen LogP contribution is -2.41. The molecule has 1 fully saturated rings. The summed E-state index contributed by atoms with van der Waals surface area (Å²) in [4.78, 5) is 38.1. The van der Waals surface area contributed by atoms with Gasteiger partial charge in [-0.15, -0.1) is 0 Å². The normalized spacial score (nSPS) is 14.7. The van der Waals surface area contributed by atoms with Gasteiger partial charge in [0.05, 0.1) is 6.26 Å². The lowest BCUT2D eigenvalue weighted by Gasteiger charge is -2.30. The fourth-order valence-electron chi connectivity index (χ4n) is 3.03. The highest BCUT2D eigenvalue weighted by atomic mass is 16.3. The predicted molar refractivity (Wildman–Crippen MR) is 95.8 cm³/mol. The van der Waals surface area contributed by atoms with Crippen LogP contribution in [0.15, 0.2) is 47.1 Å². The molecule has 136 valence electrons. The minimum Gasteiger partial charge on any atom is -0.459 e. The van der Waals surface area contributed by atoms with Crippen molar-refractivity contribution in [2.24, 2.45) is 5.92 Å². The Hall–Kier alpha value is -3.09. The number of rotatable bonds is 4. The number of nitrogens with one attached hydrogen (secondary N) is 2. The Morgan fingerprint density at radius 2 is 1.88 bits per heavy atom. The Morgan fingerprint density at radius 1 is 1.12 bits per heavy atom. The molecule has 1 aliphatic heterocycles. The van der Waals surface area contributed by atoms with E-state index in [2.05, 4.69) is 10.6 Å². The number of piperidine rings is 1. The predicted octanol–water partition coefficient (Wildman–Crippen LogP) is 2.13. The molecule has 26 heavy (non-hydrogen) atoms. The van der Waals surface area contributed by atoms with Crippen LogP contribution in [0.3, 0.4) is 0 Å². The van der Waals surface area contributed by atoms with E-state index in [-0.39, 0.29) is 23.6 Å². The first-order chi connectivity index (χ1) is 12.6. The number of nitrogens with zero attached hydrogens (tertiary/aromatic N) is 1. The van der Waals surface area contributed by atoms with Crippen molar-refractivity contribution in [3.63, 3.8) is 0 Å². The maximum atomic E-state index is 12.5. The van der Waals surface area contributed by atoms with Crippen LogP contribution in [0.4, 0.5) is 5.69 Å². The molecule has 0 unspecified atom stereocenters. The molecule has 2 aromatic rings. The van der Waals surface area contributed by atoms with Gasteiger partial charge in [-0.25, -0.2) is 0 Å². The van der Waals surface area contributed by atoms with Crippen molar-refractivity contribution in [3.05, 3.63) is 54.0 Å². The van der Waals surface area contributed by atoms with E-state index in [9.17, 15) is 14.4 Å². The van der Waals surface area contributed by atoms with E-state index in [1.54, 1.807) is 48.3 Å². The molecule has 7 nitrogen and oxygen atoms in total. The molecule has 0 radical (unpaired) electrons. The van der Waals surface area contributed by atoms with Crippen LogP contribution >= 0.6 is 0 Å². The van der Waals surface area contributed by atoms with Gasteiger partial charge < -0.3 is 20.0 Å². The summed E-state index contributed by atoms with van der Waals surface area (Å²) in [5.41, 5.74) is 1.08. The highest BCUT2D eigenvalue weighted by Crippen LogP contribution is 2.21. The third-order valence-electron chi connectivity index (χ3n) is 4.50. The number of carbonyl (C=O) groups is 3. The minimum atomic E-state index is -0.203. The standard InChI is InChI=1S/C19H21N3O4/c1-20-17(23)14-4-2-5-15(12-14)21-18(24)13-7-9-22(10-8-13)19(25)16-6-3-11-26-16/h2-6,11-13H,7-10H2,1H3,(H,20,23)(H,21,24). The molecule has 1 aliphatic rings. The van der Waals surface area contributed by atoms with Crippen molar-refractivity contribution in [1.29, 1.82) is 0 Å². The monoisotopic (exact) mass is 355 g/mol. The fourth-order valence-corrected chi connectivity index (χ4v) is 3.03. The number of benzene rings is 1. The van der Waals surface area contributed by atoms with E-state index in [0.29, 0.717) is 42.9 Å². The zero-order valence-corrected chi connectivity index (χ0v) is 14.5. The van der Waals surface area contributed by atoms with Crippen molar-refractivity contribution in [1.82, 2.24) is 10.2 Å². The molecule has 2 heterocycles. The van der Waals surface area contributed by atoms with Gasteiger partial charge in [-0.2, -0.15) is 0 Å². The van der Waals surface area contributed by atoms with Crippen molar-refractivity contribution in [3.8, 4) is 0 Å². The van der Waals surface area contributed by atoms with Gasteiger partial charge in [0.2, 0.25) is 5.91 Å². The summed E-state index contributed by atoms with van der Waals surface area (Å²) in [5.74, 6) is -0.291. The number of anilines is 1.